The first kappa shape index (κ1) is 24.3. The van der Waals surface area contributed by atoms with Gasteiger partial charge in [-0.05, 0) is 48.6 Å². The molecule has 0 aliphatic heterocycles. The van der Waals surface area contributed by atoms with Crippen LogP contribution in [0.3, 0.4) is 0 Å². The van der Waals surface area contributed by atoms with Crippen LogP contribution in [0.25, 0.3) is 0 Å². The molecule has 0 saturated carbocycles. The second kappa shape index (κ2) is 10.8. The molecule has 0 bridgehead atoms. The molecule has 0 radical (unpaired) electrons. The number of carbonyl (C=O) groups excluding carboxylic acids is 2. The maximum Gasteiger partial charge on any atom is 0.261 e. The summed E-state index contributed by atoms with van der Waals surface area (Å²) in [5.74, 6) is 0.917. The first-order chi connectivity index (χ1) is 14.7. The van der Waals surface area contributed by atoms with Gasteiger partial charge in [-0.1, -0.05) is 51.1 Å². The molecule has 2 amide bonds. The van der Waals surface area contributed by atoms with E-state index in [-0.39, 0.29) is 30.4 Å². The predicted molar refractivity (Wildman–Crippen MR) is 122 cm³/mol. The smallest absolute Gasteiger partial charge is 0.261 e. The lowest BCUT2D eigenvalue weighted by atomic mass is 9.86. The topological polar surface area (TPSA) is 67.9 Å². The Kier molecular flexibility index (Phi) is 8.48. The highest BCUT2D eigenvalue weighted by Crippen LogP contribution is 2.31. The van der Waals surface area contributed by atoms with Crippen molar-refractivity contribution in [2.45, 2.75) is 52.6 Å². The van der Waals surface area contributed by atoms with E-state index in [0.717, 1.165) is 11.1 Å². The molecule has 1 unspecified atom stereocenters. The summed E-state index contributed by atoms with van der Waals surface area (Å²) in [6, 6.07) is 14.6. The van der Waals surface area contributed by atoms with Crippen LogP contribution in [0.2, 0.25) is 0 Å². The second-order valence-electron chi connectivity index (χ2n) is 8.48. The molecule has 31 heavy (non-hydrogen) atoms. The molecule has 2 rings (SSSR count). The van der Waals surface area contributed by atoms with Crippen molar-refractivity contribution in [1.29, 1.82) is 0 Å². The summed E-state index contributed by atoms with van der Waals surface area (Å²) >= 11 is 0. The van der Waals surface area contributed by atoms with E-state index in [2.05, 4.69) is 26.1 Å². The van der Waals surface area contributed by atoms with Crippen molar-refractivity contribution in [1.82, 2.24) is 10.2 Å². The number of ether oxygens (including phenoxy) is 2. The number of benzene rings is 2. The number of nitrogens with one attached hydrogen (secondary N) is 1. The number of rotatable bonds is 9. The minimum atomic E-state index is -0.639. The number of hydrogen-bond acceptors (Lipinski definition) is 4. The van der Waals surface area contributed by atoms with Gasteiger partial charge in [0.25, 0.3) is 5.91 Å². The standard InChI is InChI=1S/C25H34N2O4/c1-7-26-24(29)18(2)27(16-19-11-10-12-20(15-19)30-6)23(28)17-31-22-14-9-8-13-21(22)25(3,4)5/h8-15,18H,7,16-17H2,1-6H3,(H,26,29). The summed E-state index contributed by atoms with van der Waals surface area (Å²) < 4.78 is 11.2. The van der Waals surface area contributed by atoms with Crippen LogP contribution in [0.5, 0.6) is 11.5 Å². The highest BCUT2D eigenvalue weighted by atomic mass is 16.5. The zero-order valence-corrected chi connectivity index (χ0v) is 19.4. The number of para-hydroxylation sites is 1. The monoisotopic (exact) mass is 426 g/mol. The second-order valence-corrected chi connectivity index (χ2v) is 8.48. The van der Waals surface area contributed by atoms with Gasteiger partial charge in [0.1, 0.15) is 17.5 Å². The van der Waals surface area contributed by atoms with Crippen molar-refractivity contribution < 1.29 is 19.1 Å². The minimum absolute atomic E-state index is 0.117. The van der Waals surface area contributed by atoms with Gasteiger partial charge in [-0.15, -0.1) is 0 Å². The highest BCUT2D eigenvalue weighted by molar-refractivity contribution is 5.87. The number of amides is 2. The Morgan fingerprint density at radius 2 is 1.81 bits per heavy atom. The van der Waals surface area contributed by atoms with Crippen molar-refractivity contribution in [3.8, 4) is 11.5 Å². The summed E-state index contributed by atoms with van der Waals surface area (Å²) in [5, 5.41) is 2.79. The van der Waals surface area contributed by atoms with Gasteiger partial charge in [0.2, 0.25) is 5.91 Å². The number of hydrogen-bond donors (Lipinski definition) is 1. The van der Waals surface area contributed by atoms with Crippen molar-refractivity contribution in [2.24, 2.45) is 0 Å². The van der Waals surface area contributed by atoms with E-state index in [1.54, 1.807) is 18.9 Å². The summed E-state index contributed by atoms with van der Waals surface area (Å²) in [7, 11) is 1.60. The lowest BCUT2D eigenvalue weighted by Crippen LogP contribution is -2.49. The Morgan fingerprint density at radius 1 is 1.10 bits per heavy atom. The SMILES string of the molecule is CCNC(=O)C(C)N(Cc1cccc(OC)c1)C(=O)COc1ccccc1C(C)(C)C. The van der Waals surface area contributed by atoms with Crippen LogP contribution in [0.15, 0.2) is 48.5 Å². The number of likely N-dealkylation sites (N-methyl/N-ethyl adjacent to an activating group) is 1. The summed E-state index contributed by atoms with van der Waals surface area (Å²) in [6.45, 7) is 10.5. The quantitative estimate of drug-likeness (QED) is 0.660. The van der Waals surface area contributed by atoms with E-state index in [9.17, 15) is 9.59 Å². The lowest BCUT2D eigenvalue weighted by molar-refractivity contribution is -0.142. The van der Waals surface area contributed by atoms with E-state index in [0.29, 0.717) is 18.0 Å². The van der Waals surface area contributed by atoms with Crippen LogP contribution in [0.1, 0.15) is 45.7 Å². The zero-order valence-electron chi connectivity index (χ0n) is 19.4. The molecule has 6 nitrogen and oxygen atoms in total. The first-order valence-corrected chi connectivity index (χ1v) is 10.6. The van der Waals surface area contributed by atoms with Crippen molar-refractivity contribution >= 4 is 11.8 Å². The van der Waals surface area contributed by atoms with Crippen LogP contribution >= 0.6 is 0 Å². The molecule has 0 fully saturated rings. The Bertz CT molecular complexity index is 889. The van der Waals surface area contributed by atoms with Gasteiger partial charge in [0.05, 0.1) is 7.11 Å². The summed E-state index contributed by atoms with van der Waals surface area (Å²) in [5.41, 5.74) is 1.78. The fraction of sp³-hybridized carbons (Fsp3) is 0.440. The van der Waals surface area contributed by atoms with E-state index >= 15 is 0 Å². The summed E-state index contributed by atoms with van der Waals surface area (Å²) in [6.07, 6.45) is 0. The Balaban J connectivity index is 2.23. The maximum absolute atomic E-state index is 13.2. The first-order valence-electron chi connectivity index (χ1n) is 10.6. The molecule has 0 aliphatic rings. The van der Waals surface area contributed by atoms with Gasteiger partial charge >= 0.3 is 0 Å². The molecule has 0 spiro atoms. The fourth-order valence-electron chi connectivity index (χ4n) is 3.31. The van der Waals surface area contributed by atoms with Crippen LogP contribution < -0.4 is 14.8 Å². The number of methoxy groups -OCH3 is 1. The van der Waals surface area contributed by atoms with Gasteiger partial charge in [-0.2, -0.15) is 0 Å². The lowest BCUT2D eigenvalue weighted by Gasteiger charge is -2.29. The minimum Gasteiger partial charge on any atom is -0.497 e. The highest BCUT2D eigenvalue weighted by Gasteiger charge is 2.27. The number of nitrogens with zero attached hydrogens (tertiary/aromatic N) is 1. The molecule has 0 aliphatic carbocycles. The largest absolute Gasteiger partial charge is 0.497 e. The Hall–Kier alpha value is -3.02. The summed E-state index contributed by atoms with van der Waals surface area (Å²) in [4.78, 5) is 27.2. The molecule has 0 saturated heterocycles. The molecular formula is C25H34N2O4. The van der Waals surface area contributed by atoms with Gasteiger partial charge < -0.3 is 19.7 Å². The van der Waals surface area contributed by atoms with Crippen LogP contribution in [0, 0.1) is 0 Å². The Morgan fingerprint density at radius 3 is 2.45 bits per heavy atom. The van der Waals surface area contributed by atoms with E-state index in [4.69, 9.17) is 9.47 Å². The van der Waals surface area contributed by atoms with Gasteiger partial charge in [-0.25, -0.2) is 0 Å². The zero-order chi connectivity index (χ0) is 23.0. The molecule has 0 aromatic heterocycles. The van der Waals surface area contributed by atoms with Gasteiger partial charge in [0, 0.05) is 13.1 Å². The van der Waals surface area contributed by atoms with Crippen LogP contribution in [-0.2, 0) is 21.5 Å². The molecule has 2 aromatic rings. The Labute approximate surface area is 185 Å². The van der Waals surface area contributed by atoms with Gasteiger partial charge in [0.15, 0.2) is 6.61 Å². The van der Waals surface area contributed by atoms with Crippen LogP contribution in [0.4, 0.5) is 0 Å². The van der Waals surface area contributed by atoms with Gasteiger partial charge in [-0.3, -0.25) is 9.59 Å². The third kappa shape index (κ3) is 6.74. The average molecular weight is 427 g/mol. The van der Waals surface area contributed by atoms with Crippen LogP contribution in [-0.4, -0.2) is 43.0 Å². The van der Waals surface area contributed by atoms with E-state index < -0.39 is 6.04 Å². The molecule has 6 heteroatoms. The molecule has 0 heterocycles. The molecule has 1 atom stereocenters. The fourth-order valence-corrected chi connectivity index (χ4v) is 3.31. The van der Waals surface area contributed by atoms with Crippen molar-refractivity contribution in [2.75, 3.05) is 20.3 Å². The van der Waals surface area contributed by atoms with E-state index in [1.165, 1.54) is 0 Å². The van der Waals surface area contributed by atoms with E-state index in [1.807, 2.05) is 55.5 Å². The average Bonchev–Trinajstić information content (AvgIpc) is 2.75. The molecule has 168 valence electrons. The van der Waals surface area contributed by atoms with Crippen molar-refractivity contribution in [3.05, 3.63) is 59.7 Å². The normalized spacial score (nSPS) is 12.1. The molecule has 2 aromatic carbocycles. The third-order valence-electron chi connectivity index (χ3n) is 5.05. The molecular weight excluding hydrogens is 392 g/mol. The molecule has 1 N–H and O–H groups in total. The van der Waals surface area contributed by atoms with Crippen molar-refractivity contribution in [3.63, 3.8) is 0 Å². The third-order valence-corrected chi connectivity index (χ3v) is 5.05. The number of carbonyl (C=O) groups is 2. The predicted octanol–water partition coefficient (Wildman–Crippen LogP) is 3.92. The maximum atomic E-state index is 13.2.